The molecule has 0 aromatic heterocycles. The summed E-state index contributed by atoms with van der Waals surface area (Å²) < 4.78 is -0.919. The molecule has 4 heteroatoms. The quantitative estimate of drug-likeness (QED) is 0.577. The maximum absolute atomic E-state index is 9.96. The highest BCUT2D eigenvalue weighted by Gasteiger charge is 2.56. The van der Waals surface area contributed by atoms with E-state index in [1.165, 1.54) is 19.3 Å². The van der Waals surface area contributed by atoms with Crippen LogP contribution in [0.5, 0.6) is 0 Å². The van der Waals surface area contributed by atoms with Gasteiger partial charge in [-0.1, -0.05) is 49.4 Å². The Labute approximate surface area is 126 Å². The molecule has 0 heterocycles. The van der Waals surface area contributed by atoms with Gasteiger partial charge in [-0.05, 0) is 49.9 Å². The highest BCUT2D eigenvalue weighted by atomic mass is 35.5. The van der Waals surface area contributed by atoms with Crippen molar-refractivity contribution >= 4 is 23.2 Å². The number of rotatable bonds is 6. The molecule has 0 saturated heterocycles. The Bertz CT molecular complexity index is 296. The molecule has 5 unspecified atom stereocenters. The van der Waals surface area contributed by atoms with E-state index in [2.05, 4.69) is 0 Å². The van der Waals surface area contributed by atoms with Crippen molar-refractivity contribution in [3.8, 4) is 0 Å². The summed E-state index contributed by atoms with van der Waals surface area (Å²) in [5.41, 5.74) is 0. The van der Waals surface area contributed by atoms with Crippen molar-refractivity contribution in [1.29, 1.82) is 0 Å². The number of unbranched alkanes of at least 4 members (excludes halogenated alkanes) is 1. The van der Waals surface area contributed by atoms with Gasteiger partial charge in [-0.3, -0.25) is 0 Å². The first-order chi connectivity index (χ1) is 8.96. The molecule has 0 spiro atoms. The van der Waals surface area contributed by atoms with Gasteiger partial charge in [-0.15, -0.1) is 0 Å². The molecule has 2 fully saturated rings. The zero-order valence-corrected chi connectivity index (χ0v) is 13.2. The number of hydrogen-bond donors (Lipinski definition) is 2. The van der Waals surface area contributed by atoms with Crippen LogP contribution >= 0.6 is 23.2 Å². The zero-order valence-electron chi connectivity index (χ0n) is 11.7. The predicted octanol–water partition coefficient (Wildman–Crippen LogP) is 3.90. The van der Waals surface area contributed by atoms with Crippen molar-refractivity contribution in [3.63, 3.8) is 0 Å². The molecule has 19 heavy (non-hydrogen) atoms. The molecular formula is C15H26Cl2O2. The Hall–Kier alpha value is 0.500. The van der Waals surface area contributed by atoms with Gasteiger partial charge >= 0.3 is 0 Å². The molecule has 2 N–H and O–H groups in total. The van der Waals surface area contributed by atoms with Crippen LogP contribution in [0.4, 0.5) is 0 Å². The average molecular weight is 309 g/mol. The third-order valence-electron chi connectivity index (χ3n) is 5.24. The Kier molecular flexibility index (Phi) is 5.44. The molecule has 0 amide bonds. The third kappa shape index (κ3) is 3.40. The highest BCUT2D eigenvalue weighted by Crippen LogP contribution is 2.58. The van der Waals surface area contributed by atoms with Crippen LogP contribution in [0.2, 0.25) is 0 Å². The first kappa shape index (κ1) is 15.9. The highest BCUT2D eigenvalue weighted by molar-refractivity contribution is 6.49. The summed E-state index contributed by atoms with van der Waals surface area (Å²) in [5.74, 6) is 1.44. The van der Waals surface area contributed by atoms with Gasteiger partial charge < -0.3 is 10.2 Å². The van der Waals surface area contributed by atoms with Crippen LogP contribution in [0, 0.1) is 17.8 Å². The van der Waals surface area contributed by atoms with Crippen LogP contribution in [0.15, 0.2) is 0 Å². The van der Waals surface area contributed by atoms with E-state index >= 15 is 0 Å². The lowest BCUT2D eigenvalue weighted by Gasteiger charge is -2.23. The summed E-state index contributed by atoms with van der Waals surface area (Å²) in [7, 11) is 0. The normalized spacial score (nSPS) is 38.4. The van der Waals surface area contributed by atoms with E-state index in [-0.39, 0.29) is 12.0 Å². The zero-order chi connectivity index (χ0) is 14.0. The second kappa shape index (κ2) is 6.51. The van der Waals surface area contributed by atoms with Crippen LogP contribution < -0.4 is 0 Å². The first-order valence-corrected chi connectivity index (χ1v) is 8.46. The fraction of sp³-hybridized carbons (Fsp3) is 1.00. The van der Waals surface area contributed by atoms with Crippen LogP contribution in [0.1, 0.15) is 58.3 Å². The molecule has 0 aromatic rings. The number of alkyl halides is 2. The van der Waals surface area contributed by atoms with Gasteiger partial charge in [0.05, 0.1) is 12.2 Å². The Morgan fingerprint density at radius 1 is 1.26 bits per heavy atom. The fourth-order valence-electron chi connectivity index (χ4n) is 4.00. The van der Waals surface area contributed by atoms with Crippen molar-refractivity contribution in [2.24, 2.45) is 17.8 Å². The van der Waals surface area contributed by atoms with E-state index in [0.29, 0.717) is 11.8 Å². The van der Waals surface area contributed by atoms with Crippen molar-refractivity contribution in [1.82, 2.24) is 0 Å². The maximum Gasteiger partial charge on any atom is 0.147 e. The van der Waals surface area contributed by atoms with Crippen molar-refractivity contribution in [2.45, 2.75) is 74.8 Å². The molecule has 0 bridgehead atoms. The van der Waals surface area contributed by atoms with Crippen LogP contribution in [0.25, 0.3) is 0 Å². The topological polar surface area (TPSA) is 40.5 Å². The smallest absolute Gasteiger partial charge is 0.147 e. The van der Waals surface area contributed by atoms with E-state index in [1.807, 2.05) is 6.92 Å². The predicted molar refractivity (Wildman–Crippen MR) is 79.5 cm³/mol. The molecule has 2 aliphatic carbocycles. The second-order valence-corrected chi connectivity index (χ2v) is 7.82. The fourth-order valence-corrected chi connectivity index (χ4v) is 4.72. The Balaban J connectivity index is 1.75. The molecular weight excluding hydrogens is 283 g/mol. The number of hydrogen-bond acceptors (Lipinski definition) is 2. The van der Waals surface area contributed by atoms with E-state index in [1.54, 1.807) is 0 Å². The number of halogens is 2. The van der Waals surface area contributed by atoms with Gasteiger partial charge in [0.15, 0.2) is 0 Å². The van der Waals surface area contributed by atoms with E-state index in [4.69, 9.17) is 23.2 Å². The minimum atomic E-state index is -0.919. The summed E-state index contributed by atoms with van der Waals surface area (Å²) in [4.78, 5) is 0. The van der Waals surface area contributed by atoms with Gasteiger partial charge in [-0.25, -0.2) is 0 Å². The molecule has 112 valence electrons. The minimum absolute atomic E-state index is 0.136. The number of aliphatic hydroxyl groups excluding tert-OH is 2. The third-order valence-corrected chi connectivity index (χ3v) is 6.30. The lowest BCUT2D eigenvalue weighted by Crippen LogP contribution is -2.30. The standard InChI is InChI=1S/C15H26Cl2O2/c1-2-11(18)6-4-3-5-10-7-8-13-12(10)9-14(19)15(13,16)17/h10-14,18-19H,2-9H2,1H3. The molecule has 2 saturated carbocycles. The van der Waals surface area contributed by atoms with Crippen molar-refractivity contribution in [2.75, 3.05) is 0 Å². The van der Waals surface area contributed by atoms with Crippen LogP contribution in [-0.2, 0) is 0 Å². The average Bonchev–Trinajstić information content (AvgIpc) is 2.86. The number of fused-ring (bicyclic) bond motifs is 1. The first-order valence-electron chi connectivity index (χ1n) is 7.70. The van der Waals surface area contributed by atoms with Crippen molar-refractivity contribution < 1.29 is 10.2 Å². The molecule has 2 rings (SSSR count). The van der Waals surface area contributed by atoms with Gasteiger partial charge in [0.25, 0.3) is 0 Å². The van der Waals surface area contributed by atoms with E-state index in [9.17, 15) is 10.2 Å². The lowest BCUT2D eigenvalue weighted by atomic mass is 9.87. The molecule has 0 radical (unpaired) electrons. The summed E-state index contributed by atoms with van der Waals surface area (Å²) in [6, 6.07) is 0. The summed E-state index contributed by atoms with van der Waals surface area (Å²) >= 11 is 12.6. The minimum Gasteiger partial charge on any atom is -0.393 e. The maximum atomic E-state index is 9.96. The summed E-state index contributed by atoms with van der Waals surface area (Å²) in [6.07, 6.45) is 7.52. The second-order valence-electron chi connectivity index (χ2n) is 6.38. The van der Waals surface area contributed by atoms with E-state index < -0.39 is 10.4 Å². The summed E-state index contributed by atoms with van der Waals surface area (Å²) in [6.45, 7) is 2.02. The van der Waals surface area contributed by atoms with Gasteiger partial charge in [-0.2, -0.15) is 0 Å². The van der Waals surface area contributed by atoms with Gasteiger partial charge in [0.2, 0.25) is 0 Å². The van der Waals surface area contributed by atoms with Gasteiger partial charge in [0.1, 0.15) is 4.33 Å². The van der Waals surface area contributed by atoms with E-state index in [0.717, 1.165) is 32.1 Å². The molecule has 0 aromatic carbocycles. The number of aliphatic hydroxyl groups is 2. The molecule has 2 aliphatic rings. The summed E-state index contributed by atoms with van der Waals surface area (Å²) in [5, 5.41) is 19.5. The van der Waals surface area contributed by atoms with Crippen LogP contribution in [0.3, 0.4) is 0 Å². The van der Waals surface area contributed by atoms with Crippen LogP contribution in [-0.4, -0.2) is 26.8 Å². The molecule has 2 nitrogen and oxygen atoms in total. The SMILES string of the molecule is CCC(O)CCCCC1CCC2C1CC(O)C2(Cl)Cl. The largest absolute Gasteiger partial charge is 0.393 e. The molecule has 5 atom stereocenters. The van der Waals surface area contributed by atoms with Crippen molar-refractivity contribution in [3.05, 3.63) is 0 Å². The Morgan fingerprint density at radius 2 is 2.00 bits per heavy atom. The monoisotopic (exact) mass is 308 g/mol. The lowest BCUT2D eigenvalue weighted by molar-refractivity contribution is 0.152. The Morgan fingerprint density at radius 3 is 2.68 bits per heavy atom. The molecule has 0 aliphatic heterocycles. The van der Waals surface area contributed by atoms with Gasteiger partial charge in [0, 0.05) is 0 Å².